The van der Waals surface area contributed by atoms with Crippen LogP contribution >= 0.6 is 0 Å². The number of rotatable bonds is 2. The molecular formula is C11H13N5O2. The molecule has 0 aliphatic carbocycles. The van der Waals surface area contributed by atoms with Crippen molar-refractivity contribution in [3.05, 3.63) is 24.4 Å². The van der Waals surface area contributed by atoms with Gasteiger partial charge >= 0.3 is 0 Å². The molecule has 7 nitrogen and oxygen atoms in total. The van der Waals surface area contributed by atoms with E-state index in [1.807, 2.05) is 6.92 Å². The molecule has 0 saturated carbocycles. The monoisotopic (exact) mass is 247 g/mol. The Kier molecular flexibility index (Phi) is 2.57. The van der Waals surface area contributed by atoms with E-state index < -0.39 is 5.41 Å². The first-order valence-corrected chi connectivity index (χ1v) is 5.65. The van der Waals surface area contributed by atoms with E-state index in [1.165, 1.54) is 0 Å². The van der Waals surface area contributed by atoms with Gasteiger partial charge in [-0.05, 0) is 13.0 Å². The lowest BCUT2D eigenvalue weighted by Gasteiger charge is -2.21. The van der Waals surface area contributed by atoms with Crippen LogP contribution < -0.4 is 5.73 Å². The molecule has 3 rings (SSSR count). The predicted molar refractivity (Wildman–Crippen MR) is 61.5 cm³/mol. The average molecular weight is 247 g/mol. The summed E-state index contributed by atoms with van der Waals surface area (Å²) >= 11 is 0. The molecule has 2 unspecified atom stereocenters. The third kappa shape index (κ3) is 1.68. The van der Waals surface area contributed by atoms with E-state index in [9.17, 15) is 0 Å². The molecule has 7 heteroatoms. The predicted octanol–water partition coefficient (Wildman–Crippen LogP) is 0.142. The van der Waals surface area contributed by atoms with E-state index in [0.29, 0.717) is 30.8 Å². The van der Waals surface area contributed by atoms with Crippen molar-refractivity contribution >= 4 is 0 Å². The van der Waals surface area contributed by atoms with Gasteiger partial charge in [-0.1, -0.05) is 5.16 Å². The van der Waals surface area contributed by atoms with Crippen LogP contribution in [-0.4, -0.2) is 39.4 Å². The first kappa shape index (κ1) is 11.2. The molecule has 2 N–H and O–H groups in total. The van der Waals surface area contributed by atoms with Gasteiger partial charge in [-0.15, -0.1) is 0 Å². The number of aromatic nitrogens is 4. The van der Waals surface area contributed by atoms with Crippen LogP contribution in [0.5, 0.6) is 0 Å². The summed E-state index contributed by atoms with van der Waals surface area (Å²) in [6.07, 6.45) is 3.26. The van der Waals surface area contributed by atoms with Crippen LogP contribution in [0.3, 0.4) is 0 Å². The number of hydrogen-bond donors (Lipinski definition) is 1. The topological polar surface area (TPSA) is 100.0 Å². The maximum Gasteiger partial charge on any atom is 0.240 e. The molecule has 0 spiro atoms. The lowest BCUT2D eigenvalue weighted by atomic mass is 9.86. The maximum absolute atomic E-state index is 6.01. The maximum atomic E-state index is 6.01. The second-order valence-corrected chi connectivity index (χ2v) is 4.53. The van der Waals surface area contributed by atoms with E-state index in [-0.39, 0.29) is 6.04 Å². The van der Waals surface area contributed by atoms with Gasteiger partial charge in [-0.2, -0.15) is 4.98 Å². The third-order valence-corrected chi connectivity index (χ3v) is 3.20. The fourth-order valence-electron chi connectivity index (χ4n) is 1.87. The van der Waals surface area contributed by atoms with Gasteiger partial charge in [0.2, 0.25) is 17.5 Å². The first-order chi connectivity index (χ1) is 8.70. The normalized spacial score (nSPS) is 27.6. The Balaban J connectivity index is 1.95. The molecule has 0 aromatic carbocycles. The summed E-state index contributed by atoms with van der Waals surface area (Å²) in [5, 5.41) is 3.89. The summed E-state index contributed by atoms with van der Waals surface area (Å²) < 4.78 is 10.6. The van der Waals surface area contributed by atoms with Crippen molar-refractivity contribution in [3.8, 4) is 11.6 Å². The van der Waals surface area contributed by atoms with E-state index in [2.05, 4.69) is 20.1 Å². The summed E-state index contributed by atoms with van der Waals surface area (Å²) in [6.45, 7) is 2.93. The number of nitrogens with two attached hydrogens (primary N) is 1. The molecular weight excluding hydrogens is 234 g/mol. The minimum absolute atomic E-state index is 0.150. The fraction of sp³-hybridized carbons (Fsp3) is 0.455. The van der Waals surface area contributed by atoms with Crippen molar-refractivity contribution in [2.75, 3.05) is 13.2 Å². The molecule has 0 bridgehead atoms. The van der Waals surface area contributed by atoms with Crippen LogP contribution in [0.4, 0.5) is 0 Å². The van der Waals surface area contributed by atoms with Gasteiger partial charge in [0, 0.05) is 18.4 Å². The van der Waals surface area contributed by atoms with E-state index in [1.54, 1.807) is 18.5 Å². The summed E-state index contributed by atoms with van der Waals surface area (Å²) in [6, 6.07) is 1.58. The zero-order chi connectivity index (χ0) is 12.6. The molecule has 94 valence electrons. The minimum atomic E-state index is -0.444. The molecule has 1 saturated heterocycles. The standard InChI is InChI=1S/C11H13N5O2/c1-11(6-17-5-7(11)12)10-15-9(16-18-10)8-13-3-2-4-14-8/h2-4,7H,5-6,12H2,1H3. The van der Waals surface area contributed by atoms with Crippen molar-refractivity contribution in [2.45, 2.75) is 18.4 Å². The van der Waals surface area contributed by atoms with E-state index >= 15 is 0 Å². The number of nitrogens with zero attached hydrogens (tertiary/aromatic N) is 4. The number of hydrogen-bond acceptors (Lipinski definition) is 7. The lowest BCUT2D eigenvalue weighted by Crippen LogP contribution is -2.42. The Morgan fingerprint density at radius 2 is 2.11 bits per heavy atom. The SMILES string of the molecule is CC1(c2nc(-c3ncccn3)no2)COCC1N. The highest BCUT2D eigenvalue weighted by Crippen LogP contribution is 2.31. The van der Waals surface area contributed by atoms with Crippen molar-refractivity contribution in [1.82, 2.24) is 20.1 Å². The molecule has 18 heavy (non-hydrogen) atoms. The van der Waals surface area contributed by atoms with Crippen LogP contribution in [0.25, 0.3) is 11.6 Å². The smallest absolute Gasteiger partial charge is 0.240 e. The molecule has 1 aliphatic heterocycles. The molecule has 0 radical (unpaired) electrons. The van der Waals surface area contributed by atoms with Crippen molar-refractivity contribution in [3.63, 3.8) is 0 Å². The summed E-state index contributed by atoms with van der Waals surface area (Å²) in [5.74, 6) is 1.27. The highest BCUT2D eigenvalue weighted by molar-refractivity contribution is 5.40. The van der Waals surface area contributed by atoms with Crippen molar-refractivity contribution < 1.29 is 9.26 Å². The van der Waals surface area contributed by atoms with Gasteiger partial charge in [0.15, 0.2) is 0 Å². The summed E-state index contributed by atoms with van der Waals surface area (Å²) in [5.41, 5.74) is 5.56. The number of ether oxygens (including phenoxy) is 1. The zero-order valence-electron chi connectivity index (χ0n) is 9.91. The van der Waals surface area contributed by atoms with Gasteiger partial charge in [-0.3, -0.25) is 0 Å². The van der Waals surface area contributed by atoms with Gasteiger partial charge in [-0.25, -0.2) is 9.97 Å². The fourth-order valence-corrected chi connectivity index (χ4v) is 1.87. The Morgan fingerprint density at radius 3 is 2.78 bits per heavy atom. The van der Waals surface area contributed by atoms with Gasteiger partial charge in [0.25, 0.3) is 0 Å². The Hall–Kier alpha value is -1.86. The molecule has 1 aliphatic rings. The van der Waals surface area contributed by atoms with Gasteiger partial charge < -0.3 is 15.0 Å². The van der Waals surface area contributed by atoms with Gasteiger partial charge in [0.1, 0.15) is 0 Å². The van der Waals surface area contributed by atoms with E-state index in [4.69, 9.17) is 15.0 Å². The van der Waals surface area contributed by atoms with Crippen LogP contribution in [0.1, 0.15) is 12.8 Å². The Labute approximate surface area is 103 Å². The average Bonchev–Trinajstić information content (AvgIpc) is 3.00. The van der Waals surface area contributed by atoms with Crippen molar-refractivity contribution in [2.24, 2.45) is 5.73 Å². The van der Waals surface area contributed by atoms with Crippen LogP contribution in [0.15, 0.2) is 23.0 Å². The van der Waals surface area contributed by atoms with Crippen molar-refractivity contribution in [1.29, 1.82) is 0 Å². The van der Waals surface area contributed by atoms with Crippen LogP contribution in [0, 0.1) is 0 Å². The summed E-state index contributed by atoms with van der Waals surface area (Å²) in [7, 11) is 0. The second-order valence-electron chi connectivity index (χ2n) is 4.53. The minimum Gasteiger partial charge on any atom is -0.379 e. The summed E-state index contributed by atoms with van der Waals surface area (Å²) in [4.78, 5) is 12.5. The molecule has 0 amide bonds. The highest BCUT2D eigenvalue weighted by atomic mass is 16.5. The molecule has 3 heterocycles. The quantitative estimate of drug-likeness (QED) is 0.805. The molecule has 1 fully saturated rings. The third-order valence-electron chi connectivity index (χ3n) is 3.20. The molecule has 2 atom stereocenters. The van der Waals surface area contributed by atoms with E-state index in [0.717, 1.165) is 0 Å². The van der Waals surface area contributed by atoms with Gasteiger partial charge in [0.05, 0.1) is 18.6 Å². The first-order valence-electron chi connectivity index (χ1n) is 5.65. The zero-order valence-corrected chi connectivity index (χ0v) is 9.91. The highest BCUT2D eigenvalue weighted by Gasteiger charge is 2.44. The van der Waals surface area contributed by atoms with Crippen LogP contribution in [-0.2, 0) is 10.2 Å². The second kappa shape index (κ2) is 4.11. The Bertz CT molecular complexity index is 543. The largest absolute Gasteiger partial charge is 0.379 e. The molecule has 2 aromatic rings. The molecule has 2 aromatic heterocycles. The Morgan fingerprint density at radius 1 is 1.33 bits per heavy atom. The lowest BCUT2D eigenvalue weighted by molar-refractivity contribution is 0.169. The van der Waals surface area contributed by atoms with Crippen LogP contribution in [0.2, 0.25) is 0 Å².